The molecule has 2 heterocycles. The first kappa shape index (κ1) is 18.4. The monoisotopic (exact) mass is 396 g/mol. The van der Waals surface area contributed by atoms with Crippen molar-refractivity contribution in [3.63, 3.8) is 0 Å². The van der Waals surface area contributed by atoms with Gasteiger partial charge in [-0.2, -0.15) is 20.0 Å². The molecule has 0 radical (unpaired) electrons. The Hall–Kier alpha value is -3.95. The summed E-state index contributed by atoms with van der Waals surface area (Å²) in [4.78, 5) is 18.0. The van der Waals surface area contributed by atoms with E-state index < -0.39 is 11.6 Å². The highest BCUT2D eigenvalue weighted by atomic mass is 19.2. The van der Waals surface area contributed by atoms with Crippen molar-refractivity contribution in [2.75, 3.05) is 6.54 Å². The lowest BCUT2D eigenvalue weighted by molar-refractivity contribution is 0.0953. The molecule has 146 valence electrons. The van der Waals surface area contributed by atoms with E-state index in [1.807, 2.05) is 0 Å². The molecule has 10 heteroatoms. The minimum atomic E-state index is -1.00. The highest BCUT2D eigenvalue weighted by Crippen LogP contribution is 2.19. The predicted molar refractivity (Wildman–Crippen MR) is 97.0 cm³/mol. The van der Waals surface area contributed by atoms with Crippen molar-refractivity contribution >= 4 is 5.91 Å². The Bertz CT molecular complexity index is 1140. The SMILES string of the molecule is O=C(NCCc1noc(-c2ccc(F)c(F)c2)n1)c1ccccc1-n1nccn1. The van der Waals surface area contributed by atoms with Crippen molar-refractivity contribution in [3.05, 3.63) is 77.9 Å². The molecular weight excluding hydrogens is 382 g/mol. The summed E-state index contributed by atoms with van der Waals surface area (Å²) < 4.78 is 31.4. The minimum Gasteiger partial charge on any atom is -0.352 e. The molecule has 1 N–H and O–H groups in total. The molecule has 0 aliphatic heterocycles. The number of para-hydroxylation sites is 1. The lowest BCUT2D eigenvalue weighted by atomic mass is 10.1. The quantitative estimate of drug-likeness (QED) is 0.538. The van der Waals surface area contributed by atoms with Gasteiger partial charge in [0.1, 0.15) is 0 Å². The fraction of sp³-hybridized carbons (Fsp3) is 0.105. The maximum absolute atomic E-state index is 13.3. The average Bonchev–Trinajstić information content (AvgIpc) is 3.42. The Morgan fingerprint density at radius 2 is 1.86 bits per heavy atom. The summed E-state index contributed by atoms with van der Waals surface area (Å²) in [5.41, 5.74) is 1.24. The van der Waals surface area contributed by atoms with Gasteiger partial charge >= 0.3 is 0 Å². The van der Waals surface area contributed by atoms with Crippen molar-refractivity contribution in [1.29, 1.82) is 0 Å². The van der Waals surface area contributed by atoms with Gasteiger partial charge in [-0.1, -0.05) is 17.3 Å². The van der Waals surface area contributed by atoms with Gasteiger partial charge < -0.3 is 9.84 Å². The molecule has 0 saturated heterocycles. The summed E-state index contributed by atoms with van der Waals surface area (Å²) in [6.45, 7) is 0.246. The number of amides is 1. The number of hydrogen-bond donors (Lipinski definition) is 1. The molecular formula is C19H14F2N6O2. The Kier molecular flexibility index (Phi) is 5.06. The molecule has 0 saturated carbocycles. The first-order chi connectivity index (χ1) is 14.1. The molecule has 1 amide bonds. The van der Waals surface area contributed by atoms with Gasteiger partial charge in [0.05, 0.1) is 23.6 Å². The zero-order chi connectivity index (χ0) is 20.2. The van der Waals surface area contributed by atoms with Crippen LogP contribution >= 0.6 is 0 Å². The van der Waals surface area contributed by atoms with Crippen LogP contribution < -0.4 is 5.32 Å². The van der Waals surface area contributed by atoms with Gasteiger partial charge in [-0.15, -0.1) is 0 Å². The van der Waals surface area contributed by atoms with E-state index in [4.69, 9.17) is 4.52 Å². The van der Waals surface area contributed by atoms with Crippen LogP contribution in [-0.2, 0) is 6.42 Å². The Morgan fingerprint density at radius 1 is 1.07 bits per heavy atom. The Morgan fingerprint density at radius 3 is 2.66 bits per heavy atom. The van der Waals surface area contributed by atoms with E-state index in [2.05, 4.69) is 25.7 Å². The molecule has 29 heavy (non-hydrogen) atoms. The molecule has 4 rings (SSSR count). The highest BCUT2D eigenvalue weighted by molar-refractivity contribution is 5.97. The van der Waals surface area contributed by atoms with E-state index in [9.17, 15) is 13.6 Å². The third-order valence-corrected chi connectivity index (χ3v) is 4.05. The van der Waals surface area contributed by atoms with Crippen molar-refractivity contribution < 1.29 is 18.1 Å². The van der Waals surface area contributed by atoms with Crippen LogP contribution in [0.1, 0.15) is 16.2 Å². The summed E-state index contributed by atoms with van der Waals surface area (Å²) in [6, 6.07) is 10.3. The van der Waals surface area contributed by atoms with E-state index in [0.717, 1.165) is 12.1 Å². The van der Waals surface area contributed by atoms with E-state index in [1.165, 1.54) is 23.3 Å². The summed E-state index contributed by atoms with van der Waals surface area (Å²) in [7, 11) is 0. The van der Waals surface area contributed by atoms with Gasteiger partial charge in [-0.3, -0.25) is 4.79 Å². The van der Waals surface area contributed by atoms with Gasteiger partial charge in [-0.25, -0.2) is 8.78 Å². The van der Waals surface area contributed by atoms with Crippen LogP contribution in [0.4, 0.5) is 8.78 Å². The molecule has 0 fully saturated rings. The average molecular weight is 396 g/mol. The standard InChI is InChI=1S/C19H14F2N6O2/c20-14-6-5-12(11-15(14)21)19-25-17(26-29-19)7-8-22-18(28)13-3-1-2-4-16(13)27-23-9-10-24-27/h1-6,9-11H,7-8H2,(H,22,28). The number of benzene rings is 2. The third-order valence-electron chi connectivity index (χ3n) is 4.05. The number of carbonyl (C=O) groups is 1. The van der Waals surface area contributed by atoms with Crippen LogP contribution in [0.15, 0.2) is 59.4 Å². The largest absolute Gasteiger partial charge is 0.352 e. The van der Waals surface area contributed by atoms with E-state index in [0.29, 0.717) is 23.5 Å². The zero-order valence-corrected chi connectivity index (χ0v) is 14.9. The van der Waals surface area contributed by atoms with Gasteiger partial charge in [0.2, 0.25) is 0 Å². The molecule has 0 unspecified atom stereocenters. The van der Waals surface area contributed by atoms with Crippen LogP contribution in [0, 0.1) is 11.6 Å². The smallest absolute Gasteiger partial charge is 0.258 e. The van der Waals surface area contributed by atoms with Crippen LogP contribution in [0.2, 0.25) is 0 Å². The van der Waals surface area contributed by atoms with E-state index in [1.54, 1.807) is 24.3 Å². The fourth-order valence-electron chi connectivity index (χ4n) is 2.67. The van der Waals surface area contributed by atoms with Crippen LogP contribution in [0.5, 0.6) is 0 Å². The minimum absolute atomic E-state index is 0.0697. The second-order valence-electron chi connectivity index (χ2n) is 5.99. The Balaban J connectivity index is 1.40. The predicted octanol–water partition coefficient (Wildman–Crippen LogP) is 2.57. The van der Waals surface area contributed by atoms with Crippen molar-refractivity contribution in [1.82, 2.24) is 30.5 Å². The van der Waals surface area contributed by atoms with Gasteiger partial charge in [0.25, 0.3) is 11.8 Å². The second-order valence-corrected chi connectivity index (χ2v) is 5.99. The third kappa shape index (κ3) is 4.00. The Labute approximate surface area is 163 Å². The molecule has 0 aliphatic rings. The molecule has 4 aromatic rings. The summed E-state index contributed by atoms with van der Waals surface area (Å²) in [5.74, 6) is -1.86. The van der Waals surface area contributed by atoms with Gasteiger partial charge in [0.15, 0.2) is 17.5 Å². The van der Waals surface area contributed by atoms with Crippen molar-refractivity contribution in [3.8, 4) is 17.1 Å². The molecule has 0 bridgehead atoms. The van der Waals surface area contributed by atoms with Crippen LogP contribution in [0.3, 0.4) is 0 Å². The molecule has 0 aliphatic carbocycles. The molecule has 2 aromatic carbocycles. The maximum Gasteiger partial charge on any atom is 0.258 e. The first-order valence-corrected chi connectivity index (χ1v) is 8.64. The maximum atomic E-state index is 13.3. The molecule has 2 aromatic heterocycles. The number of halogens is 2. The lowest BCUT2D eigenvalue weighted by Crippen LogP contribution is -2.27. The second kappa shape index (κ2) is 7.97. The molecule has 8 nitrogen and oxygen atoms in total. The number of rotatable bonds is 6. The van der Waals surface area contributed by atoms with E-state index in [-0.39, 0.29) is 23.9 Å². The normalized spacial score (nSPS) is 10.8. The number of carbonyl (C=O) groups excluding carboxylic acids is 1. The van der Waals surface area contributed by atoms with Gasteiger partial charge in [0, 0.05) is 18.5 Å². The lowest BCUT2D eigenvalue weighted by Gasteiger charge is -2.08. The van der Waals surface area contributed by atoms with Crippen molar-refractivity contribution in [2.45, 2.75) is 6.42 Å². The number of nitrogens with zero attached hydrogens (tertiary/aromatic N) is 5. The number of hydrogen-bond acceptors (Lipinski definition) is 6. The highest BCUT2D eigenvalue weighted by Gasteiger charge is 2.15. The zero-order valence-electron chi connectivity index (χ0n) is 14.9. The van der Waals surface area contributed by atoms with Gasteiger partial charge in [-0.05, 0) is 30.3 Å². The van der Waals surface area contributed by atoms with Crippen LogP contribution in [0.25, 0.3) is 17.1 Å². The number of aromatic nitrogens is 5. The summed E-state index contributed by atoms with van der Waals surface area (Å²) in [6.07, 6.45) is 3.34. The van der Waals surface area contributed by atoms with Crippen molar-refractivity contribution in [2.24, 2.45) is 0 Å². The van der Waals surface area contributed by atoms with Crippen LogP contribution in [-0.4, -0.2) is 37.6 Å². The first-order valence-electron chi connectivity index (χ1n) is 8.64. The molecule has 0 spiro atoms. The number of nitrogens with one attached hydrogen (secondary N) is 1. The topological polar surface area (TPSA) is 98.7 Å². The van der Waals surface area contributed by atoms with E-state index >= 15 is 0 Å². The molecule has 0 atom stereocenters. The summed E-state index contributed by atoms with van der Waals surface area (Å²) in [5, 5.41) is 14.7. The summed E-state index contributed by atoms with van der Waals surface area (Å²) >= 11 is 0. The fourth-order valence-corrected chi connectivity index (χ4v) is 2.67.